The first-order chi connectivity index (χ1) is 15.7. The van der Waals surface area contributed by atoms with Gasteiger partial charge in [-0.05, 0) is 43.4 Å². The Balaban J connectivity index is 1.51. The second-order valence-corrected chi connectivity index (χ2v) is 11.4. The number of thioether (sulfide) groups is 1. The number of benzene rings is 2. The summed E-state index contributed by atoms with van der Waals surface area (Å²) in [5, 5.41) is 5.75. The molecule has 2 aromatic carbocycles. The highest BCUT2D eigenvalue weighted by Gasteiger charge is 2.57. The number of amides is 3. The van der Waals surface area contributed by atoms with Crippen molar-refractivity contribution in [2.75, 3.05) is 0 Å². The van der Waals surface area contributed by atoms with Crippen molar-refractivity contribution in [2.24, 2.45) is 5.92 Å². The molecular formula is C26H31N3O3S. The van der Waals surface area contributed by atoms with E-state index < -0.39 is 16.8 Å². The zero-order valence-electron chi connectivity index (χ0n) is 19.5. The van der Waals surface area contributed by atoms with E-state index in [4.69, 9.17) is 0 Å². The molecule has 2 aromatic rings. The topological polar surface area (TPSA) is 78.5 Å². The van der Waals surface area contributed by atoms with E-state index in [0.717, 1.165) is 11.1 Å². The Morgan fingerprint density at radius 3 is 2.42 bits per heavy atom. The third kappa shape index (κ3) is 4.64. The summed E-state index contributed by atoms with van der Waals surface area (Å²) in [7, 11) is 0. The molecular weight excluding hydrogens is 434 g/mol. The molecule has 0 aromatic heterocycles. The predicted molar refractivity (Wildman–Crippen MR) is 130 cm³/mol. The van der Waals surface area contributed by atoms with Crippen molar-refractivity contribution in [3.8, 4) is 0 Å². The summed E-state index contributed by atoms with van der Waals surface area (Å²) in [6.07, 6.45) is 0.518. The monoisotopic (exact) mass is 465 g/mol. The molecule has 2 aliphatic rings. The van der Waals surface area contributed by atoms with E-state index in [-0.39, 0.29) is 29.0 Å². The fourth-order valence-corrected chi connectivity index (χ4v) is 6.25. The summed E-state index contributed by atoms with van der Waals surface area (Å²) < 4.78 is -0.485. The van der Waals surface area contributed by atoms with Gasteiger partial charge in [-0.15, -0.1) is 11.8 Å². The molecule has 0 spiro atoms. The number of hydrogen-bond donors (Lipinski definition) is 2. The Labute approximate surface area is 199 Å². The maximum absolute atomic E-state index is 13.6. The largest absolute Gasteiger partial charge is 0.350 e. The molecule has 3 amide bonds. The number of rotatable bonds is 7. The molecule has 33 heavy (non-hydrogen) atoms. The molecule has 2 N–H and O–H groups in total. The Morgan fingerprint density at radius 2 is 1.73 bits per heavy atom. The molecule has 0 bridgehead atoms. The van der Waals surface area contributed by atoms with Gasteiger partial charge in [-0.1, -0.05) is 62.4 Å². The molecule has 0 saturated carbocycles. The Bertz CT molecular complexity index is 1050. The van der Waals surface area contributed by atoms with Gasteiger partial charge in [0, 0.05) is 16.9 Å². The van der Waals surface area contributed by atoms with Crippen molar-refractivity contribution < 1.29 is 14.4 Å². The maximum Gasteiger partial charge on any atom is 0.256 e. The van der Waals surface area contributed by atoms with Crippen LogP contribution in [0.25, 0.3) is 0 Å². The van der Waals surface area contributed by atoms with Crippen molar-refractivity contribution in [1.82, 2.24) is 15.5 Å². The van der Waals surface area contributed by atoms with Crippen LogP contribution in [-0.4, -0.2) is 39.5 Å². The van der Waals surface area contributed by atoms with Crippen LogP contribution >= 0.6 is 11.8 Å². The fraction of sp³-hybridized carbons (Fsp3) is 0.423. The minimum Gasteiger partial charge on any atom is -0.350 e. The summed E-state index contributed by atoms with van der Waals surface area (Å²) in [4.78, 5) is 41.5. The minimum absolute atomic E-state index is 0.122. The van der Waals surface area contributed by atoms with E-state index in [9.17, 15) is 14.4 Å². The van der Waals surface area contributed by atoms with Crippen molar-refractivity contribution in [1.29, 1.82) is 0 Å². The van der Waals surface area contributed by atoms with Crippen LogP contribution in [0.3, 0.4) is 0 Å². The first-order valence-electron chi connectivity index (χ1n) is 11.4. The molecule has 1 saturated heterocycles. The second-order valence-electron chi connectivity index (χ2n) is 9.67. The fourth-order valence-electron chi connectivity index (χ4n) is 4.67. The third-order valence-corrected chi connectivity index (χ3v) is 7.73. The van der Waals surface area contributed by atoms with Crippen LogP contribution in [0.1, 0.15) is 61.0 Å². The Hall–Kier alpha value is -2.80. The van der Waals surface area contributed by atoms with E-state index in [1.54, 1.807) is 16.7 Å². The van der Waals surface area contributed by atoms with Gasteiger partial charge in [0.1, 0.15) is 17.5 Å². The summed E-state index contributed by atoms with van der Waals surface area (Å²) in [6, 6.07) is 15.9. The van der Waals surface area contributed by atoms with Gasteiger partial charge < -0.3 is 15.5 Å². The summed E-state index contributed by atoms with van der Waals surface area (Å²) in [5.41, 5.74) is 2.61. The molecule has 2 heterocycles. The summed E-state index contributed by atoms with van der Waals surface area (Å²) >= 11 is 1.62. The van der Waals surface area contributed by atoms with Crippen LogP contribution in [-0.2, 0) is 16.1 Å². The van der Waals surface area contributed by atoms with Gasteiger partial charge in [0.25, 0.3) is 5.91 Å². The van der Waals surface area contributed by atoms with Crippen LogP contribution in [0.5, 0.6) is 0 Å². The smallest absolute Gasteiger partial charge is 0.256 e. The lowest BCUT2D eigenvalue weighted by molar-refractivity contribution is -0.132. The standard InChI is InChI=1S/C26H31N3O3S/c1-16(2)14-20(22(30)27-15-17-10-6-5-7-11-17)28-23(31)21-26(3,4)33-25-19-13-9-8-12-18(19)24(32)29(21)25/h5-13,16,20-21,25H,14-15H2,1-4H3,(H,27,30)(H,28,31)/t20-,21+,25-/m0/s1. The number of fused-ring (bicyclic) bond motifs is 3. The Morgan fingerprint density at radius 1 is 1.06 bits per heavy atom. The number of nitrogens with one attached hydrogen (secondary N) is 2. The molecule has 0 radical (unpaired) electrons. The quantitative estimate of drug-likeness (QED) is 0.651. The second kappa shape index (κ2) is 9.21. The SMILES string of the molecule is CC(C)C[C@H](NC(=O)[C@H]1N2C(=O)c3ccccc3[C@@H]2SC1(C)C)C(=O)NCc1ccccc1. The zero-order valence-corrected chi connectivity index (χ0v) is 20.3. The minimum atomic E-state index is -0.666. The maximum atomic E-state index is 13.6. The molecule has 1 fully saturated rings. The van der Waals surface area contributed by atoms with Crippen LogP contribution < -0.4 is 10.6 Å². The number of nitrogens with zero attached hydrogens (tertiary/aromatic N) is 1. The number of carbonyl (C=O) groups is 3. The lowest BCUT2D eigenvalue weighted by atomic mass is 9.98. The van der Waals surface area contributed by atoms with E-state index in [2.05, 4.69) is 10.6 Å². The zero-order chi connectivity index (χ0) is 23.8. The van der Waals surface area contributed by atoms with E-state index in [0.29, 0.717) is 18.5 Å². The van der Waals surface area contributed by atoms with Crippen LogP contribution in [0.4, 0.5) is 0 Å². The molecule has 6 nitrogen and oxygen atoms in total. The van der Waals surface area contributed by atoms with Crippen molar-refractivity contribution >= 4 is 29.5 Å². The first-order valence-corrected chi connectivity index (χ1v) is 12.3. The molecule has 0 unspecified atom stereocenters. The highest BCUT2D eigenvalue weighted by molar-refractivity contribution is 8.01. The molecule has 0 aliphatic carbocycles. The summed E-state index contributed by atoms with van der Waals surface area (Å²) in [6.45, 7) is 8.42. The molecule has 7 heteroatoms. The van der Waals surface area contributed by atoms with Gasteiger partial charge in [0.15, 0.2) is 0 Å². The van der Waals surface area contributed by atoms with E-state index in [1.165, 1.54) is 0 Å². The van der Waals surface area contributed by atoms with Crippen molar-refractivity contribution in [3.63, 3.8) is 0 Å². The average Bonchev–Trinajstić information content (AvgIpc) is 3.21. The van der Waals surface area contributed by atoms with Gasteiger partial charge in [-0.2, -0.15) is 0 Å². The van der Waals surface area contributed by atoms with Gasteiger partial charge in [0.2, 0.25) is 11.8 Å². The lowest BCUT2D eigenvalue weighted by Gasteiger charge is -2.31. The predicted octanol–water partition coefficient (Wildman–Crippen LogP) is 3.88. The van der Waals surface area contributed by atoms with Crippen LogP contribution in [0.15, 0.2) is 54.6 Å². The molecule has 2 aliphatic heterocycles. The molecule has 4 rings (SSSR count). The average molecular weight is 466 g/mol. The Kier molecular flexibility index (Phi) is 6.52. The lowest BCUT2D eigenvalue weighted by Crippen LogP contribution is -2.57. The van der Waals surface area contributed by atoms with Gasteiger partial charge in [-0.3, -0.25) is 14.4 Å². The van der Waals surface area contributed by atoms with Crippen molar-refractivity contribution in [3.05, 3.63) is 71.3 Å². The first kappa shape index (κ1) is 23.4. The summed E-state index contributed by atoms with van der Waals surface area (Å²) in [5.74, 6) is -0.398. The highest BCUT2D eigenvalue weighted by atomic mass is 32.2. The number of hydrogen-bond acceptors (Lipinski definition) is 4. The van der Waals surface area contributed by atoms with E-state index in [1.807, 2.05) is 82.3 Å². The third-order valence-electron chi connectivity index (χ3n) is 6.19. The van der Waals surface area contributed by atoms with Crippen LogP contribution in [0.2, 0.25) is 0 Å². The van der Waals surface area contributed by atoms with Crippen LogP contribution in [0, 0.1) is 5.92 Å². The van der Waals surface area contributed by atoms with Gasteiger partial charge >= 0.3 is 0 Å². The molecule has 3 atom stereocenters. The molecule has 174 valence electrons. The van der Waals surface area contributed by atoms with Gasteiger partial charge in [-0.25, -0.2) is 0 Å². The van der Waals surface area contributed by atoms with E-state index >= 15 is 0 Å². The normalized spacial score (nSPS) is 21.5. The van der Waals surface area contributed by atoms with Gasteiger partial charge in [0.05, 0.1) is 0 Å². The van der Waals surface area contributed by atoms with Crippen molar-refractivity contribution in [2.45, 2.75) is 62.9 Å². The highest BCUT2D eigenvalue weighted by Crippen LogP contribution is 2.56. The number of carbonyl (C=O) groups excluding carboxylic acids is 3.